The normalized spacial score (nSPS) is 11.5. The van der Waals surface area contributed by atoms with Crippen molar-refractivity contribution >= 4 is 17.6 Å². The van der Waals surface area contributed by atoms with Crippen LogP contribution in [0.2, 0.25) is 0 Å². The van der Waals surface area contributed by atoms with Crippen molar-refractivity contribution in [2.75, 3.05) is 6.54 Å². The third kappa shape index (κ3) is 6.13. The number of rotatable bonds is 7. The van der Waals surface area contributed by atoms with Gasteiger partial charge in [0.05, 0.1) is 0 Å². The minimum atomic E-state index is -0.623. The van der Waals surface area contributed by atoms with Crippen LogP contribution < -0.4 is 10.6 Å². The number of Topliss-reactive ketones (excluding diaryl/α,β-unsaturated/α-hetero) is 1. The van der Waals surface area contributed by atoms with Crippen LogP contribution >= 0.6 is 0 Å². The van der Waals surface area contributed by atoms with Crippen molar-refractivity contribution in [2.45, 2.75) is 32.7 Å². The molecule has 20 heavy (non-hydrogen) atoms. The molecule has 1 unspecified atom stereocenters. The molecule has 0 heterocycles. The van der Waals surface area contributed by atoms with Gasteiger partial charge in [0, 0.05) is 26.3 Å². The molecule has 1 aromatic carbocycles. The second-order valence-electron chi connectivity index (χ2n) is 4.69. The Labute approximate surface area is 118 Å². The van der Waals surface area contributed by atoms with Gasteiger partial charge in [-0.1, -0.05) is 30.3 Å². The van der Waals surface area contributed by atoms with E-state index < -0.39 is 6.04 Å². The average molecular weight is 276 g/mol. The van der Waals surface area contributed by atoms with Gasteiger partial charge < -0.3 is 10.6 Å². The summed E-state index contributed by atoms with van der Waals surface area (Å²) in [6, 6.07) is 8.84. The van der Waals surface area contributed by atoms with Crippen LogP contribution in [0.4, 0.5) is 0 Å². The fourth-order valence-electron chi connectivity index (χ4n) is 1.79. The smallest absolute Gasteiger partial charge is 0.242 e. The van der Waals surface area contributed by atoms with Gasteiger partial charge in [-0.3, -0.25) is 14.4 Å². The third-order valence-electron chi connectivity index (χ3n) is 2.75. The summed E-state index contributed by atoms with van der Waals surface area (Å²) >= 11 is 0. The molecule has 0 fully saturated rings. The van der Waals surface area contributed by atoms with Gasteiger partial charge in [0.1, 0.15) is 11.8 Å². The first kappa shape index (κ1) is 15.9. The number of ketones is 1. The maximum atomic E-state index is 12.0. The number of carbonyl (C=O) groups is 3. The molecular formula is C15H20N2O3. The molecule has 0 spiro atoms. The first-order chi connectivity index (χ1) is 9.49. The van der Waals surface area contributed by atoms with Crippen LogP contribution in [0.3, 0.4) is 0 Å². The van der Waals surface area contributed by atoms with Crippen molar-refractivity contribution in [1.82, 2.24) is 10.6 Å². The Morgan fingerprint density at radius 2 is 1.75 bits per heavy atom. The Morgan fingerprint density at radius 1 is 1.10 bits per heavy atom. The van der Waals surface area contributed by atoms with E-state index in [9.17, 15) is 14.4 Å². The molecule has 5 heteroatoms. The van der Waals surface area contributed by atoms with Gasteiger partial charge in [-0.2, -0.15) is 0 Å². The molecule has 2 N–H and O–H groups in total. The Morgan fingerprint density at radius 3 is 2.30 bits per heavy atom. The number of carbonyl (C=O) groups excluding carboxylic acids is 3. The molecule has 108 valence electrons. The third-order valence-corrected chi connectivity index (χ3v) is 2.75. The van der Waals surface area contributed by atoms with Gasteiger partial charge in [-0.25, -0.2) is 0 Å². The van der Waals surface area contributed by atoms with Gasteiger partial charge in [0.15, 0.2) is 0 Å². The van der Waals surface area contributed by atoms with E-state index in [0.29, 0.717) is 19.4 Å². The van der Waals surface area contributed by atoms with Crippen LogP contribution in [0, 0.1) is 0 Å². The molecule has 0 saturated heterocycles. The molecule has 1 aromatic rings. The molecule has 0 radical (unpaired) electrons. The molecule has 2 amide bonds. The van der Waals surface area contributed by atoms with Gasteiger partial charge in [-0.05, 0) is 12.5 Å². The molecule has 1 rings (SSSR count). The van der Waals surface area contributed by atoms with Gasteiger partial charge in [0.2, 0.25) is 11.8 Å². The lowest BCUT2D eigenvalue weighted by Gasteiger charge is -2.17. The highest BCUT2D eigenvalue weighted by Crippen LogP contribution is 2.03. The first-order valence-corrected chi connectivity index (χ1v) is 6.57. The summed E-state index contributed by atoms with van der Waals surface area (Å²) in [4.78, 5) is 34.1. The van der Waals surface area contributed by atoms with E-state index in [1.807, 2.05) is 30.3 Å². The van der Waals surface area contributed by atoms with E-state index in [2.05, 4.69) is 10.6 Å². The largest absolute Gasteiger partial charge is 0.354 e. The highest BCUT2D eigenvalue weighted by molar-refractivity contribution is 5.87. The number of nitrogens with one attached hydrogen (secondary N) is 2. The Kier molecular flexibility index (Phi) is 6.43. The van der Waals surface area contributed by atoms with E-state index >= 15 is 0 Å². The first-order valence-electron chi connectivity index (χ1n) is 6.57. The number of amides is 2. The molecule has 0 saturated carbocycles. The van der Waals surface area contributed by atoms with Crippen molar-refractivity contribution in [3.8, 4) is 0 Å². The fourth-order valence-corrected chi connectivity index (χ4v) is 1.79. The quantitative estimate of drug-likeness (QED) is 0.774. The van der Waals surface area contributed by atoms with Crippen LogP contribution in [0.15, 0.2) is 30.3 Å². The summed E-state index contributed by atoms with van der Waals surface area (Å²) in [5.74, 6) is -0.512. The summed E-state index contributed by atoms with van der Waals surface area (Å²) in [6.45, 7) is 3.14. The maximum absolute atomic E-state index is 12.0. The van der Waals surface area contributed by atoms with Crippen molar-refractivity contribution in [2.24, 2.45) is 0 Å². The summed E-state index contributed by atoms with van der Waals surface area (Å²) in [5, 5.41) is 5.30. The SMILES string of the molecule is CC(=O)CCNC(=O)C(Cc1ccccc1)NC(C)=O. The van der Waals surface area contributed by atoms with Crippen molar-refractivity contribution in [1.29, 1.82) is 0 Å². The standard InChI is InChI=1S/C15H20N2O3/c1-11(18)8-9-16-15(20)14(17-12(2)19)10-13-6-4-3-5-7-13/h3-7,14H,8-10H2,1-2H3,(H,16,20)(H,17,19). The number of benzene rings is 1. The zero-order valence-corrected chi connectivity index (χ0v) is 11.8. The molecule has 0 bridgehead atoms. The second-order valence-corrected chi connectivity index (χ2v) is 4.69. The highest BCUT2D eigenvalue weighted by Gasteiger charge is 2.19. The summed E-state index contributed by atoms with van der Waals surface area (Å²) in [5.41, 5.74) is 0.966. The lowest BCUT2D eigenvalue weighted by molar-refractivity contribution is -0.128. The van der Waals surface area contributed by atoms with Gasteiger partial charge in [-0.15, -0.1) is 0 Å². The Balaban J connectivity index is 2.61. The zero-order valence-electron chi connectivity index (χ0n) is 11.8. The van der Waals surface area contributed by atoms with Crippen molar-refractivity contribution < 1.29 is 14.4 Å². The van der Waals surface area contributed by atoms with Crippen LogP contribution in [-0.2, 0) is 20.8 Å². The summed E-state index contributed by atoms with van der Waals surface area (Å²) in [7, 11) is 0. The molecule has 0 aliphatic heterocycles. The molecule has 0 aromatic heterocycles. The topological polar surface area (TPSA) is 75.3 Å². The Bertz CT molecular complexity index is 471. The summed E-state index contributed by atoms with van der Waals surface area (Å²) < 4.78 is 0. The lowest BCUT2D eigenvalue weighted by atomic mass is 10.1. The molecule has 0 aliphatic rings. The second kappa shape index (κ2) is 8.09. The Hall–Kier alpha value is -2.17. The number of hydrogen-bond donors (Lipinski definition) is 2. The zero-order chi connectivity index (χ0) is 15.0. The number of hydrogen-bond acceptors (Lipinski definition) is 3. The minimum Gasteiger partial charge on any atom is -0.354 e. The van der Waals surface area contributed by atoms with E-state index in [-0.39, 0.29) is 17.6 Å². The summed E-state index contributed by atoms with van der Waals surface area (Å²) in [6.07, 6.45) is 0.718. The molecular weight excluding hydrogens is 256 g/mol. The average Bonchev–Trinajstić information content (AvgIpc) is 2.38. The van der Waals surface area contributed by atoms with Gasteiger partial charge in [0.25, 0.3) is 0 Å². The van der Waals surface area contributed by atoms with Crippen LogP contribution in [0.5, 0.6) is 0 Å². The predicted molar refractivity (Wildman–Crippen MR) is 76.1 cm³/mol. The molecule has 5 nitrogen and oxygen atoms in total. The fraction of sp³-hybridized carbons (Fsp3) is 0.400. The molecule has 0 aliphatic carbocycles. The predicted octanol–water partition coefficient (Wildman–Crippen LogP) is 0.829. The minimum absolute atomic E-state index is 0.0180. The monoisotopic (exact) mass is 276 g/mol. The van der Waals surface area contributed by atoms with E-state index in [1.54, 1.807) is 0 Å². The van der Waals surface area contributed by atoms with Gasteiger partial charge >= 0.3 is 0 Å². The van der Waals surface area contributed by atoms with E-state index in [1.165, 1.54) is 13.8 Å². The van der Waals surface area contributed by atoms with E-state index in [0.717, 1.165) is 5.56 Å². The lowest BCUT2D eigenvalue weighted by Crippen LogP contribution is -2.47. The van der Waals surface area contributed by atoms with Crippen LogP contribution in [0.25, 0.3) is 0 Å². The molecule has 1 atom stereocenters. The van der Waals surface area contributed by atoms with Crippen molar-refractivity contribution in [3.63, 3.8) is 0 Å². The van der Waals surface area contributed by atoms with Crippen LogP contribution in [-0.4, -0.2) is 30.2 Å². The highest BCUT2D eigenvalue weighted by atomic mass is 16.2. The van der Waals surface area contributed by atoms with Crippen molar-refractivity contribution in [3.05, 3.63) is 35.9 Å². The van der Waals surface area contributed by atoms with Crippen LogP contribution in [0.1, 0.15) is 25.8 Å². The maximum Gasteiger partial charge on any atom is 0.242 e. The van der Waals surface area contributed by atoms with E-state index in [4.69, 9.17) is 0 Å².